The standard InChI is InChI=1S/C18H18ClFN6O2/c19-9-5-10-11(7-22-15(10)21-6-9)16-23-8-12(20)17(26-16)24-13-3-1-2-4-14(13)25-18(27)28/h5-8,13-14,25H,1-4H2,(H,21,22)(H,27,28)(H,23,24,26)/t13-,14+/m1/s1. The lowest BCUT2D eigenvalue weighted by atomic mass is 9.90. The Hall–Kier alpha value is -2.94. The number of carboxylic acid groups (broad SMARTS) is 1. The fraction of sp³-hybridized carbons (Fsp3) is 0.333. The van der Waals surface area contributed by atoms with E-state index in [4.69, 9.17) is 16.7 Å². The van der Waals surface area contributed by atoms with Crippen LogP contribution < -0.4 is 10.6 Å². The van der Waals surface area contributed by atoms with Crippen molar-refractivity contribution in [3.05, 3.63) is 35.5 Å². The molecule has 0 radical (unpaired) electrons. The van der Waals surface area contributed by atoms with Crippen LogP contribution in [0.4, 0.5) is 15.0 Å². The van der Waals surface area contributed by atoms with Crippen molar-refractivity contribution in [2.75, 3.05) is 5.32 Å². The van der Waals surface area contributed by atoms with Gasteiger partial charge in [0.2, 0.25) is 0 Å². The molecule has 8 nitrogen and oxygen atoms in total. The first-order chi connectivity index (χ1) is 13.5. The Morgan fingerprint density at radius 1 is 1.25 bits per heavy atom. The first-order valence-corrected chi connectivity index (χ1v) is 9.30. The summed E-state index contributed by atoms with van der Waals surface area (Å²) in [6.45, 7) is 0. The average molecular weight is 405 g/mol. The second kappa shape index (κ2) is 7.59. The van der Waals surface area contributed by atoms with Gasteiger partial charge in [0, 0.05) is 29.4 Å². The normalized spacial score (nSPS) is 19.5. The van der Waals surface area contributed by atoms with E-state index in [1.165, 1.54) is 6.20 Å². The number of nitrogens with one attached hydrogen (secondary N) is 3. The van der Waals surface area contributed by atoms with Crippen molar-refractivity contribution in [2.24, 2.45) is 0 Å². The van der Waals surface area contributed by atoms with Crippen molar-refractivity contribution >= 4 is 34.5 Å². The molecule has 28 heavy (non-hydrogen) atoms. The van der Waals surface area contributed by atoms with Crippen LogP contribution in [-0.4, -0.2) is 43.2 Å². The molecule has 10 heteroatoms. The summed E-state index contributed by atoms with van der Waals surface area (Å²) < 4.78 is 14.4. The van der Waals surface area contributed by atoms with Crippen molar-refractivity contribution in [1.82, 2.24) is 25.3 Å². The first-order valence-electron chi connectivity index (χ1n) is 8.93. The zero-order valence-corrected chi connectivity index (χ0v) is 15.5. The van der Waals surface area contributed by atoms with Crippen LogP contribution in [0.3, 0.4) is 0 Å². The molecule has 2 atom stereocenters. The predicted octanol–water partition coefficient (Wildman–Crippen LogP) is 3.80. The zero-order chi connectivity index (χ0) is 19.7. The Morgan fingerprint density at radius 2 is 2.04 bits per heavy atom. The lowest BCUT2D eigenvalue weighted by Gasteiger charge is -2.32. The summed E-state index contributed by atoms with van der Waals surface area (Å²) in [6, 6.07) is 1.19. The Balaban J connectivity index is 1.65. The summed E-state index contributed by atoms with van der Waals surface area (Å²) in [5, 5.41) is 15.8. The number of hydrogen-bond acceptors (Lipinski definition) is 5. The highest BCUT2D eigenvalue weighted by molar-refractivity contribution is 6.31. The molecule has 0 aromatic carbocycles. The molecule has 1 saturated carbocycles. The molecular formula is C18H18ClFN6O2. The summed E-state index contributed by atoms with van der Waals surface area (Å²) in [7, 11) is 0. The van der Waals surface area contributed by atoms with Crippen LogP contribution in [0.1, 0.15) is 25.7 Å². The van der Waals surface area contributed by atoms with Gasteiger partial charge in [-0.3, -0.25) is 0 Å². The number of fused-ring (bicyclic) bond motifs is 1. The van der Waals surface area contributed by atoms with Gasteiger partial charge in [-0.1, -0.05) is 24.4 Å². The third-order valence-electron chi connectivity index (χ3n) is 4.88. The van der Waals surface area contributed by atoms with E-state index in [0.29, 0.717) is 28.5 Å². The predicted molar refractivity (Wildman–Crippen MR) is 103 cm³/mol. The summed E-state index contributed by atoms with van der Waals surface area (Å²) in [5.74, 6) is -0.240. The van der Waals surface area contributed by atoms with Crippen LogP contribution in [0.15, 0.2) is 24.7 Å². The molecule has 3 aromatic heterocycles. The number of amides is 1. The number of aromatic nitrogens is 4. The molecule has 1 amide bonds. The van der Waals surface area contributed by atoms with Gasteiger partial charge in [0.05, 0.1) is 17.3 Å². The van der Waals surface area contributed by atoms with Gasteiger partial charge in [-0.2, -0.15) is 0 Å². The number of carbonyl (C=O) groups is 1. The third-order valence-corrected chi connectivity index (χ3v) is 5.09. The largest absolute Gasteiger partial charge is 0.465 e. The molecule has 0 spiro atoms. The summed E-state index contributed by atoms with van der Waals surface area (Å²) in [6.07, 6.45) is 6.49. The van der Waals surface area contributed by atoms with E-state index in [2.05, 4.69) is 30.6 Å². The van der Waals surface area contributed by atoms with Crippen molar-refractivity contribution in [1.29, 1.82) is 0 Å². The zero-order valence-electron chi connectivity index (χ0n) is 14.7. The Labute approximate surface area is 164 Å². The van der Waals surface area contributed by atoms with Gasteiger partial charge in [-0.05, 0) is 18.9 Å². The van der Waals surface area contributed by atoms with E-state index in [9.17, 15) is 9.18 Å². The molecule has 0 unspecified atom stereocenters. The topological polar surface area (TPSA) is 116 Å². The number of pyridine rings is 1. The maximum Gasteiger partial charge on any atom is 0.404 e. The average Bonchev–Trinajstić information content (AvgIpc) is 3.07. The minimum absolute atomic E-state index is 0.0402. The van der Waals surface area contributed by atoms with Gasteiger partial charge in [-0.25, -0.2) is 24.1 Å². The lowest BCUT2D eigenvalue weighted by molar-refractivity contribution is 0.184. The number of aromatic amines is 1. The molecule has 0 saturated heterocycles. The van der Waals surface area contributed by atoms with Gasteiger partial charge in [-0.15, -0.1) is 0 Å². The monoisotopic (exact) mass is 404 g/mol. The van der Waals surface area contributed by atoms with Crippen LogP contribution >= 0.6 is 11.6 Å². The first kappa shape index (κ1) is 18.4. The molecule has 3 aromatic rings. The van der Waals surface area contributed by atoms with E-state index in [0.717, 1.165) is 30.8 Å². The fourth-order valence-electron chi connectivity index (χ4n) is 3.57. The number of nitrogens with zero attached hydrogens (tertiary/aromatic N) is 3. The Kier molecular flexibility index (Phi) is 4.99. The second-order valence-electron chi connectivity index (χ2n) is 6.73. The summed E-state index contributed by atoms with van der Waals surface area (Å²) in [5.41, 5.74) is 1.27. The van der Waals surface area contributed by atoms with E-state index in [-0.39, 0.29) is 17.9 Å². The van der Waals surface area contributed by atoms with Crippen molar-refractivity contribution in [2.45, 2.75) is 37.8 Å². The van der Waals surface area contributed by atoms with Gasteiger partial charge < -0.3 is 20.7 Å². The van der Waals surface area contributed by atoms with Crippen LogP contribution in [0.5, 0.6) is 0 Å². The molecule has 3 heterocycles. The minimum atomic E-state index is -1.09. The van der Waals surface area contributed by atoms with Crippen molar-refractivity contribution in [3.63, 3.8) is 0 Å². The van der Waals surface area contributed by atoms with Crippen molar-refractivity contribution < 1.29 is 14.3 Å². The lowest BCUT2D eigenvalue weighted by Crippen LogP contribution is -2.48. The highest BCUT2D eigenvalue weighted by Crippen LogP contribution is 2.29. The molecular weight excluding hydrogens is 387 g/mol. The van der Waals surface area contributed by atoms with E-state index in [1.807, 2.05) is 0 Å². The summed E-state index contributed by atoms with van der Waals surface area (Å²) in [4.78, 5) is 26.7. The number of halogens is 2. The number of hydrogen-bond donors (Lipinski definition) is 4. The highest BCUT2D eigenvalue weighted by atomic mass is 35.5. The molecule has 4 rings (SSSR count). The number of H-pyrrole nitrogens is 1. The van der Waals surface area contributed by atoms with Gasteiger partial charge in [0.15, 0.2) is 17.5 Å². The van der Waals surface area contributed by atoms with Gasteiger partial charge in [0.1, 0.15) is 5.65 Å². The molecule has 1 aliphatic carbocycles. The molecule has 1 aliphatic rings. The highest BCUT2D eigenvalue weighted by Gasteiger charge is 2.27. The second-order valence-corrected chi connectivity index (χ2v) is 7.17. The molecule has 4 N–H and O–H groups in total. The quantitative estimate of drug-likeness (QED) is 0.525. The SMILES string of the molecule is O=C(O)N[C@H]1CCCC[C@H]1Nc1nc(-c2c[nH]c3ncc(Cl)cc23)ncc1F. The fourth-order valence-corrected chi connectivity index (χ4v) is 3.73. The van der Waals surface area contributed by atoms with Gasteiger partial charge in [0.25, 0.3) is 0 Å². The van der Waals surface area contributed by atoms with E-state index in [1.54, 1.807) is 12.3 Å². The third kappa shape index (κ3) is 3.70. The molecule has 146 valence electrons. The smallest absolute Gasteiger partial charge is 0.404 e. The molecule has 0 aliphatic heterocycles. The van der Waals surface area contributed by atoms with Crippen LogP contribution in [-0.2, 0) is 0 Å². The van der Waals surface area contributed by atoms with Gasteiger partial charge >= 0.3 is 6.09 Å². The minimum Gasteiger partial charge on any atom is -0.465 e. The van der Waals surface area contributed by atoms with Crippen LogP contribution in [0.25, 0.3) is 22.4 Å². The van der Waals surface area contributed by atoms with Crippen LogP contribution in [0, 0.1) is 5.82 Å². The maximum absolute atomic E-state index is 14.4. The van der Waals surface area contributed by atoms with Crippen molar-refractivity contribution in [3.8, 4) is 11.4 Å². The molecule has 0 bridgehead atoms. The summed E-state index contributed by atoms with van der Waals surface area (Å²) >= 11 is 6.03. The molecule has 1 fully saturated rings. The Bertz CT molecular complexity index is 1030. The maximum atomic E-state index is 14.4. The Morgan fingerprint density at radius 3 is 2.82 bits per heavy atom. The van der Waals surface area contributed by atoms with E-state index < -0.39 is 11.9 Å². The van der Waals surface area contributed by atoms with Crippen LogP contribution in [0.2, 0.25) is 5.02 Å². The number of rotatable bonds is 4. The number of anilines is 1. The van der Waals surface area contributed by atoms with E-state index >= 15 is 0 Å².